The zero-order valence-corrected chi connectivity index (χ0v) is 15.2. The molecule has 0 fully saturated rings. The summed E-state index contributed by atoms with van der Waals surface area (Å²) in [6.07, 6.45) is 2.29. The number of anilines is 1. The summed E-state index contributed by atoms with van der Waals surface area (Å²) in [5, 5.41) is 0. The highest BCUT2D eigenvalue weighted by atomic mass is 16.2. The van der Waals surface area contributed by atoms with Crippen LogP contribution in [0.4, 0.5) is 5.82 Å². The number of amides is 1. The molecule has 0 saturated heterocycles. The molecule has 0 radical (unpaired) electrons. The second-order valence-electron chi connectivity index (χ2n) is 6.53. The molecule has 1 amide bonds. The summed E-state index contributed by atoms with van der Waals surface area (Å²) in [6.45, 7) is 3.11. The highest BCUT2D eigenvalue weighted by molar-refractivity contribution is 5.76. The monoisotopic (exact) mass is 358 g/mol. The number of nitrogens with one attached hydrogen (secondary N) is 1. The van der Waals surface area contributed by atoms with Gasteiger partial charge in [0.1, 0.15) is 11.6 Å². The van der Waals surface area contributed by atoms with Gasteiger partial charge >= 0.3 is 5.69 Å². The molecule has 0 bridgehead atoms. The van der Waals surface area contributed by atoms with Crippen molar-refractivity contribution < 1.29 is 4.79 Å². The fourth-order valence-corrected chi connectivity index (χ4v) is 3.11. The molecule has 1 aliphatic rings. The van der Waals surface area contributed by atoms with Gasteiger partial charge in [-0.3, -0.25) is 14.6 Å². The molecule has 1 N–H and O–H groups in total. The summed E-state index contributed by atoms with van der Waals surface area (Å²) in [6, 6.07) is 1.27. The zero-order chi connectivity index (χ0) is 18.8. The van der Waals surface area contributed by atoms with Crippen LogP contribution in [-0.4, -0.2) is 51.0 Å². The molecule has 0 spiro atoms. The van der Waals surface area contributed by atoms with Crippen molar-refractivity contribution in [2.45, 2.75) is 32.9 Å². The lowest BCUT2D eigenvalue weighted by molar-refractivity contribution is -0.132. The van der Waals surface area contributed by atoms with Gasteiger partial charge in [0.2, 0.25) is 5.91 Å². The summed E-state index contributed by atoms with van der Waals surface area (Å²) >= 11 is 0. The number of nitrogens with zero attached hydrogens (tertiary/aromatic N) is 5. The van der Waals surface area contributed by atoms with Crippen molar-refractivity contribution in [2.75, 3.05) is 25.5 Å². The molecule has 1 aliphatic heterocycles. The Bertz CT molecular complexity index is 946. The van der Waals surface area contributed by atoms with E-state index in [0.29, 0.717) is 25.3 Å². The Kier molecular flexibility index (Phi) is 4.88. The molecule has 0 atom stereocenters. The van der Waals surface area contributed by atoms with Crippen molar-refractivity contribution in [3.8, 4) is 0 Å². The molecule has 3 rings (SSSR count). The normalized spacial score (nSPS) is 13.4. The van der Waals surface area contributed by atoms with E-state index in [1.807, 2.05) is 25.9 Å². The van der Waals surface area contributed by atoms with E-state index in [-0.39, 0.29) is 18.9 Å². The van der Waals surface area contributed by atoms with Crippen LogP contribution in [-0.2, 0) is 24.3 Å². The molecule has 0 saturated carbocycles. The number of aromatic amines is 1. The minimum atomic E-state index is -0.506. The number of fused-ring (bicyclic) bond motifs is 1. The van der Waals surface area contributed by atoms with Crippen molar-refractivity contribution in [2.24, 2.45) is 0 Å². The minimum Gasteiger partial charge on any atom is -0.362 e. The van der Waals surface area contributed by atoms with Crippen LogP contribution < -0.4 is 16.1 Å². The van der Waals surface area contributed by atoms with E-state index in [0.717, 1.165) is 17.1 Å². The number of hydrogen-bond acceptors (Lipinski definition) is 6. The molecule has 26 heavy (non-hydrogen) atoms. The highest BCUT2D eigenvalue weighted by Gasteiger charge is 2.25. The molecule has 138 valence electrons. The van der Waals surface area contributed by atoms with E-state index in [9.17, 15) is 14.4 Å². The Morgan fingerprint density at radius 1 is 1.31 bits per heavy atom. The minimum absolute atomic E-state index is 0.0450. The largest absolute Gasteiger partial charge is 0.362 e. The molecule has 0 aromatic carbocycles. The zero-order valence-electron chi connectivity index (χ0n) is 15.2. The molecule has 2 aromatic rings. The summed E-state index contributed by atoms with van der Waals surface area (Å²) in [5.74, 6) is 1.54. The summed E-state index contributed by atoms with van der Waals surface area (Å²) in [5.41, 5.74) is 1.01. The van der Waals surface area contributed by atoms with Crippen molar-refractivity contribution in [1.82, 2.24) is 24.4 Å². The maximum absolute atomic E-state index is 12.5. The van der Waals surface area contributed by atoms with E-state index < -0.39 is 11.2 Å². The Hall–Kier alpha value is -2.97. The number of carbonyl (C=O) groups is 1. The SMILES string of the molecule is Cc1nc2c(c(N(C)C)n1)CCN(C(=O)CCn1ccc(=O)[nH]c1=O)C2. The van der Waals surface area contributed by atoms with E-state index in [4.69, 9.17) is 0 Å². The predicted octanol–water partition coefficient (Wildman–Crippen LogP) is -0.324. The van der Waals surface area contributed by atoms with Gasteiger partial charge in [0.25, 0.3) is 5.56 Å². The average Bonchev–Trinajstić information content (AvgIpc) is 2.59. The average molecular weight is 358 g/mol. The summed E-state index contributed by atoms with van der Waals surface area (Å²) in [7, 11) is 3.89. The Balaban J connectivity index is 1.71. The third kappa shape index (κ3) is 3.66. The lowest BCUT2D eigenvalue weighted by Crippen LogP contribution is -2.38. The van der Waals surface area contributed by atoms with Crippen LogP contribution >= 0.6 is 0 Å². The Morgan fingerprint density at radius 3 is 2.77 bits per heavy atom. The molecule has 0 aliphatic carbocycles. The molecule has 2 aromatic heterocycles. The first-order chi connectivity index (χ1) is 12.3. The number of rotatable bonds is 4. The summed E-state index contributed by atoms with van der Waals surface area (Å²) in [4.78, 5) is 50.2. The Labute approximate surface area is 150 Å². The first-order valence-electron chi connectivity index (χ1n) is 8.46. The van der Waals surface area contributed by atoms with Crippen LogP contribution in [0.25, 0.3) is 0 Å². The number of aromatic nitrogens is 4. The van der Waals surface area contributed by atoms with Crippen LogP contribution in [0.1, 0.15) is 23.5 Å². The predicted molar refractivity (Wildman–Crippen MR) is 96.2 cm³/mol. The quantitative estimate of drug-likeness (QED) is 0.803. The number of carbonyl (C=O) groups excluding carboxylic acids is 1. The third-order valence-electron chi connectivity index (χ3n) is 4.39. The smallest absolute Gasteiger partial charge is 0.328 e. The van der Waals surface area contributed by atoms with Gasteiger partial charge in [0.05, 0.1) is 12.2 Å². The maximum Gasteiger partial charge on any atom is 0.328 e. The maximum atomic E-state index is 12.5. The lowest BCUT2D eigenvalue weighted by atomic mass is 10.0. The first-order valence-corrected chi connectivity index (χ1v) is 8.46. The van der Waals surface area contributed by atoms with Crippen molar-refractivity contribution in [3.05, 3.63) is 50.2 Å². The third-order valence-corrected chi connectivity index (χ3v) is 4.39. The van der Waals surface area contributed by atoms with Crippen molar-refractivity contribution >= 4 is 11.7 Å². The van der Waals surface area contributed by atoms with Gasteiger partial charge in [-0.2, -0.15) is 0 Å². The van der Waals surface area contributed by atoms with E-state index in [2.05, 4.69) is 15.0 Å². The number of aryl methyl sites for hydroxylation is 2. The van der Waals surface area contributed by atoms with Crippen LogP contribution in [0.2, 0.25) is 0 Å². The number of hydrogen-bond donors (Lipinski definition) is 1. The molecular weight excluding hydrogens is 336 g/mol. The standard InChI is InChI=1S/C17H22N6O3/c1-11-18-13-10-23(7-4-12(13)16(19-11)21(2)3)15(25)6-9-22-8-5-14(24)20-17(22)26/h5,8H,4,6-7,9-10H2,1-3H3,(H,20,24,26). The summed E-state index contributed by atoms with van der Waals surface area (Å²) < 4.78 is 1.33. The van der Waals surface area contributed by atoms with E-state index >= 15 is 0 Å². The Morgan fingerprint density at radius 2 is 2.08 bits per heavy atom. The first kappa shape index (κ1) is 17.8. The molecule has 0 unspecified atom stereocenters. The van der Waals surface area contributed by atoms with Gasteiger partial charge in [0.15, 0.2) is 0 Å². The van der Waals surface area contributed by atoms with E-state index in [1.165, 1.54) is 16.8 Å². The number of H-pyrrole nitrogens is 1. The van der Waals surface area contributed by atoms with Gasteiger partial charge in [-0.1, -0.05) is 0 Å². The van der Waals surface area contributed by atoms with Crippen LogP contribution in [0.3, 0.4) is 0 Å². The van der Waals surface area contributed by atoms with Gasteiger partial charge < -0.3 is 14.4 Å². The molecule has 9 nitrogen and oxygen atoms in total. The fourth-order valence-electron chi connectivity index (χ4n) is 3.11. The molecule has 9 heteroatoms. The molecular formula is C17H22N6O3. The highest BCUT2D eigenvalue weighted by Crippen LogP contribution is 2.25. The molecule has 3 heterocycles. The van der Waals surface area contributed by atoms with Crippen molar-refractivity contribution in [1.29, 1.82) is 0 Å². The van der Waals surface area contributed by atoms with Crippen LogP contribution in [0.15, 0.2) is 21.9 Å². The second kappa shape index (κ2) is 7.11. The lowest BCUT2D eigenvalue weighted by Gasteiger charge is -2.30. The van der Waals surface area contributed by atoms with Crippen molar-refractivity contribution in [3.63, 3.8) is 0 Å². The fraction of sp³-hybridized carbons (Fsp3) is 0.471. The van der Waals surface area contributed by atoms with Gasteiger partial charge in [-0.25, -0.2) is 14.8 Å². The van der Waals surface area contributed by atoms with Gasteiger partial charge in [-0.05, 0) is 13.3 Å². The van der Waals surface area contributed by atoms with E-state index in [1.54, 1.807) is 4.90 Å². The van der Waals surface area contributed by atoms with Gasteiger partial charge in [-0.15, -0.1) is 0 Å². The second-order valence-corrected chi connectivity index (χ2v) is 6.53. The van der Waals surface area contributed by atoms with Crippen LogP contribution in [0.5, 0.6) is 0 Å². The topological polar surface area (TPSA) is 104 Å². The van der Waals surface area contributed by atoms with Gasteiger partial charge in [0, 0.05) is 51.4 Å². The van der Waals surface area contributed by atoms with Crippen LogP contribution in [0, 0.1) is 6.92 Å².